The molecule has 46 valence electrons. The highest BCUT2D eigenvalue weighted by Crippen LogP contribution is 1.54. The standard InChI is InChI=1S/C3H8N4O/c4-3(7-5)1-6-2-8/h2H,1,5H2,(H2,4,7)(H,6,8). The number of hydrogen-bond donors (Lipinski definition) is 3. The molecular weight excluding hydrogens is 108 g/mol. The molecule has 0 saturated heterocycles. The van der Waals surface area contributed by atoms with Crippen molar-refractivity contribution in [3.8, 4) is 0 Å². The first-order valence-corrected chi connectivity index (χ1v) is 2.00. The van der Waals surface area contributed by atoms with E-state index in [-0.39, 0.29) is 12.4 Å². The zero-order valence-electron chi connectivity index (χ0n) is 4.29. The first-order chi connectivity index (χ1) is 3.81. The molecule has 0 rings (SSSR count). The number of nitrogens with one attached hydrogen (secondary N) is 1. The van der Waals surface area contributed by atoms with E-state index in [4.69, 9.17) is 11.6 Å². The molecule has 0 radical (unpaired) electrons. The van der Waals surface area contributed by atoms with Gasteiger partial charge < -0.3 is 16.9 Å². The lowest BCUT2D eigenvalue weighted by molar-refractivity contribution is -0.109. The minimum Gasteiger partial charge on any atom is -0.384 e. The third-order valence-corrected chi connectivity index (χ3v) is 0.532. The van der Waals surface area contributed by atoms with Crippen LogP contribution in [0.3, 0.4) is 0 Å². The van der Waals surface area contributed by atoms with Crippen LogP contribution in [0.1, 0.15) is 0 Å². The Morgan fingerprint density at radius 1 is 1.88 bits per heavy atom. The largest absolute Gasteiger partial charge is 0.384 e. The molecule has 0 heterocycles. The maximum absolute atomic E-state index is 9.56. The maximum Gasteiger partial charge on any atom is 0.207 e. The Hall–Kier alpha value is -1.26. The maximum atomic E-state index is 9.56. The normalized spacial score (nSPS) is 10.8. The van der Waals surface area contributed by atoms with Gasteiger partial charge in [-0.15, -0.1) is 0 Å². The first-order valence-electron chi connectivity index (χ1n) is 2.00. The number of carbonyl (C=O) groups excluding carboxylic acids is 1. The summed E-state index contributed by atoms with van der Waals surface area (Å²) in [6.45, 7) is 0.208. The zero-order chi connectivity index (χ0) is 6.41. The molecule has 1 amide bonds. The van der Waals surface area contributed by atoms with Gasteiger partial charge in [-0.3, -0.25) is 4.79 Å². The molecule has 0 aromatic carbocycles. The fourth-order valence-electron chi connectivity index (χ4n) is 0.192. The number of amidine groups is 1. The summed E-state index contributed by atoms with van der Waals surface area (Å²) in [5.74, 6) is 4.93. The van der Waals surface area contributed by atoms with Crippen molar-refractivity contribution in [1.82, 2.24) is 5.32 Å². The van der Waals surface area contributed by atoms with Gasteiger partial charge >= 0.3 is 0 Å². The lowest BCUT2D eigenvalue weighted by atomic mass is 10.6. The first kappa shape index (κ1) is 6.74. The Kier molecular flexibility index (Phi) is 3.30. The summed E-state index contributed by atoms with van der Waals surface area (Å²) in [4.78, 5) is 9.56. The lowest BCUT2D eigenvalue weighted by Gasteiger charge is -1.92. The van der Waals surface area contributed by atoms with Crippen LogP contribution < -0.4 is 16.9 Å². The van der Waals surface area contributed by atoms with E-state index >= 15 is 0 Å². The van der Waals surface area contributed by atoms with Gasteiger partial charge in [0.15, 0.2) is 0 Å². The number of hydrogen-bond acceptors (Lipinski definition) is 3. The fourth-order valence-corrected chi connectivity index (χ4v) is 0.192. The molecule has 8 heavy (non-hydrogen) atoms. The topological polar surface area (TPSA) is 93.5 Å². The average molecular weight is 116 g/mol. The highest BCUT2D eigenvalue weighted by atomic mass is 16.1. The summed E-state index contributed by atoms with van der Waals surface area (Å²) in [7, 11) is 0. The van der Waals surface area contributed by atoms with E-state index in [1.807, 2.05) is 0 Å². The smallest absolute Gasteiger partial charge is 0.207 e. The number of rotatable bonds is 3. The van der Waals surface area contributed by atoms with Gasteiger partial charge in [0.25, 0.3) is 0 Å². The van der Waals surface area contributed by atoms with Crippen LogP contribution in [0.15, 0.2) is 5.10 Å². The van der Waals surface area contributed by atoms with E-state index < -0.39 is 0 Å². The van der Waals surface area contributed by atoms with E-state index in [1.54, 1.807) is 0 Å². The van der Waals surface area contributed by atoms with Gasteiger partial charge in [0.1, 0.15) is 5.84 Å². The van der Waals surface area contributed by atoms with E-state index in [1.165, 1.54) is 0 Å². The van der Waals surface area contributed by atoms with Gasteiger partial charge in [0, 0.05) is 0 Å². The van der Waals surface area contributed by atoms with E-state index in [0.717, 1.165) is 0 Å². The molecule has 0 saturated carbocycles. The van der Waals surface area contributed by atoms with E-state index in [2.05, 4.69) is 10.4 Å². The second-order valence-corrected chi connectivity index (χ2v) is 1.12. The molecule has 0 aliphatic rings. The third-order valence-electron chi connectivity index (χ3n) is 0.532. The summed E-state index contributed by atoms with van der Waals surface area (Å²) in [6.07, 6.45) is 0.526. The van der Waals surface area contributed by atoms with Gasteiger partial charge in [-0.25, -0.2) is 0 Å². The van der Waals surface area contributed by atoms with Crippen LogP contribution >= 0.6 is 0 Å². The summed E-state index contributed by atoms with van der Waals surface area (Å²) in [5.41, 5.74) is 5.06. The Morgan fingerprint density at radius 3 is 2.88 bits per heavy atom. The summed E-state index contributed by atoms with van der Waals surface area (Å²) >= 11 is 0. The van der Waals surface area contributed by atoms with E-state index in [0.29, 0.717) is 6.41 Å². The number of nitrogens with two attached hydrogens (primary N) is 2. The molecular formula is C3H8N4O. The predicted octanol–water partition coefficient (Wildman–Crippen LogP) is -2.04. The van der Waals surface area contributed by atoms with Crippen molar-refractivity contribution in [1.29, 1.82) is 0 Å². The van der Waals surface area contributed by atoms with E-state index in [9.17, 15) is 4.79 Å². The molecule has 5 nitrogen and oxygen atoms in total. The Bertz CT molecular complexity index is 99.5. The number of nitrogens with zero attached hydrogens (tertiary/aromatic N) is 1. The molecule has 0 spiro atoms. The van der Waals surface area contributed by atoms with Gasteiger partial charge in [-0.1, -0.05) is 0 Å². The van der Waals surface area contributed by atoms with Crippen LogP contribution in [0.25, 0.3) is 0 Å². The number of amides is 1. The average Bonchev–Trinajstić information content (AvgIpc) is 1.83. The zero-order valence-corrected chi connectivity index (χ0v) is 4.29. The van der Waals surface area contributed by atoms with Crippen LogP contribution in [-0.4, -0.2) is 18.8 Å². The Labute approximate surface area is 46.7 Å². The molecule has 0 aliphatic carbocycles. The summed E-state index contributed by atoms with van der Waals surface area (Å²) < 4.78 is 0. The van der Waals surface area contributed by atoms with Crippen molar-refractivity contribution in [2.45, 2.75) is 0 Å². The minimum atomic E-state index is 0.206. The van der Waals surface area contributed by atoms with Gasteiger partial charge in [-0.2, -0.15) is 5.10 Å². The van der Waals surface area contributed by atoms with Crippen LogP contribution in [0.2, 0.25) is 0 Å². The van der Waals surface area contributed by atoms with Crippen molar-refractivity contribution in [2.24, 2.45) is 16.7 Å². The fraction of sp³-hybridized carbons (Fsp3) is 0.333. The number of carbonyl (C=O) groups is 1. The predicted molar refractivity (Wildman–Crippen MR) is 29.9 cm³/mol. The van der Waals surface area contributed by atoms with Gasteiger partial charge in [0.05, 0.1) is 6.54 Å². The molecule has 5 heteroatoms. The third kappa shape index (κ3) is 2.95. The van der Waals surface area contributed by atoms with Crippen LogP contribution in [0, 0.1) is 0 Å². The van der Waals surface area contributed by atoms with Crippen LogP contribution in [0.5, 0.6) is 0 Å². The molecule has 5 N–H and O–H groups in total. The van der Waals surface area contributed by atoms with Gasteiger partial charge in [-0.05, 0) is 0 Å². The SMILES string of the molecule is N/N=C(\N)CNC=O. The molecule has 0 unspecified atom stereocenters. The van der Waals surface area contributed by atoms with Gasteiger partial charge in [0.2, 0.25) is 6.41 Å². The Morgan fingerprint density at radius 2 is 2.50 bits per heavy atom. The summed E-state index contributed by atoms with van der Waals surface area (Å²) in [5, 5.41) is 5.38. The van der Waals surface area contributed by atoms with Crippen molar-refractivity contribution < 1.29 is 4.79 Å². The summed E-state index contributed by atoms with van der Waals surface area (Å²) in [6, 6.07) is 0. The van der Waals surface area contributed by atoms with Crippen molar-refractivity contribution >= 4 is 12.2 Å². The van der Waals surface area contributed by atoms with Crippen LogP contribution in [0.4, 0.5) is 0 Å². The second kappa shape index (κ2) is 3.91. The van der Waals surface area contributed by atoms with Crippen molar-refractivity contribution in [2.75, 3.05) is 6.54 Å². The minimum absolute atomic E-state index is 0.206. The molecule has 0 bridgehead atoms. The molecule has 0 aromatic heterocycles. The molecule has 0 aromatic rings. The molecule has 0 aliphatic heterocycles. The van der Waals surface area contributed by atoms with Crippen LogP contribution in [-0.2, 0) is 4.79 Å². The molecule has 0 fully saturated rings. The Balaban J connectivity index is 3.24. The lowest BCUT2D eigenvalue weighted by Crippen LogP contribution is -2.28. The number of hydrazone groups is 1. The highest BCUT2D eigenvalue weighted by Gasteiger charge is 1.84. The second-order valence-electron chi connectivity index (χ2n) is 1.12. The quantitative estimate of drug-likeness (QED) is 0.130. The monoisotopic (exact) mass is 116 g/mol. The van der Waals surface area contributed by atoms with Crippen molar-refractivity contribution in [3.05, 3.63) is 0 Å². The highest BCUT2D eigenvalue weighted by molar-refractivity contribution is 5.83. The molecule has 0 atom stereocenters. The van der Waals surface area contributed by atoms with Crippen molar-refractivity contribution in [3.63, 3.8) is 0 Å².